The predicted octanol–water partition coefficient (Wildman–Crippen LogP) is 3.44. The number of amides is 3. The molecular weight excluding hydrogens is 588 g/mol. The van der Waals surface area contributed by atoms with Gasteiger partial charge in [-0.25, -0.2) is 0 Å². The van der Waals surface area contributed by atoms with Gasteiger partial charge in [-0.15, -0.1) is 0 Å². The Balaban J connectivity index is 1.17. The van der Waals surface area contributed by atoms with E-state index >= 15 is 0 Å². The zero-order chi connectivity index (χ0) is 32.8. The number of anilines is 1. The van der Waals surface area contributed by atoms with Crippen molar-refractivity contribution in [1.82, 2.24) is 25.3 Å². The van der Waals surface area contributed by atoms with Gasteiger partial charge in [-0.3, -0.25) is 14.4 Å². The second-order valence-electron chi connectivity index (χ2n) is 13.0. The first-order chi connectivity index (χ1) is 22.9. The molecule has 3 heterocycles. The van der Waals surface area contributed by atoms with Crippen LogP contribution in [0.5, 0.6) is 0 Å². The van der Waals surface area contributed by atoms with Gasteiger partial charge in [0.1, 0.15) is 11.6 Å². The van der Waals surface area contributed by atoms with Crippen molar-refractivity contribution >= 4 is 23.4 Å². The average Bonchev–Trinajstić information content (AvgIpc) is 3.38. The van der Waals surface area contributed by atoms with E-state index in [1.54, 1.807) is 0 Å². The van der Waals surface area contributed by atoms with Crippen LogP contribution in [0.1, 0.15) is 43.4 Å². The van der Waals surface area contributed by atoms with Gasteiger partial charge < -0.3 is 30.2 Å². The van der Waals surface area contributed by atoms with Crippen molar-refractivity contribution < 1.29 is 14.4 Å². The number of carbonyl (C=O) groups is 3. The van der Waals surface area contributed by atoms with Crippen LogP contribution in [0.4, 0.5) is 5.69 Å². The van der Waals surface area contributed by atoms with Crippen molar-refractivity contribution in [2.24, 2.45) is 0 Å². The van der Waals surface area contributed by atoms with Gasteiger partial charge in [0.15, 0.2) is 0 Å². The fourth-order valence-electron chi connectivity index (χ4n) is 7.45. The third-order valence-corrected chi connectivity index (χ3v) is 10.4. The molecule has 2 N–H and O–H groups in total. The molecule has 2 fully saturated rings. The summed E-state index contributed by atoms with van der Waals surface area (Å²) in [4.78, 5) is 50.5. The van der Waals surface area contributed by atoms with E-state index in [1.807, 2.05) is 70.5 Å². The van der Waals surface area contributed by atoms with Crippen LogP contribution < -0.4 is 15.5 Å². The first-order valence-electron chi connectivity index (χ1n) is 17.2. The molecule has 2 atom stereocenters. The van der Waals surface area contributed by atoms with Crippen LogP contribution >= 0.6 is 0 Å². The number of likely N-dealkylation sites (tertiary alicyclic amines) is 1. The number of nitrogens with one attached hydrogen (secondary N) is 2. The summed E-state index contributed by atoms with van der Waals surface area (Å²) in [6, 6.07) is 27.1. The van der Waals surface area contributed by atoms with Crippen molar-refractivity contribution in [3.05, 3.63) is 102 Å². The second-order valence-corrected chi connectivity index (χ2v) is 13.0. The topological polar surface area (TPSA) is 88.2 Å². The van der Waals surface area contributed by atoms with Gasteiger partial charge in [-0.1, -0.05) is 86.6 Å². The average molecular weight is 637 g/mol. The minimum absolute atomic E-state index is 0.0941. The Bertz CT molecular complexity index is 1520. The summed E-state index contributed by atoms with van der Waals surface area (Å²) >= 11 is 0. The molecule has 0 aliphatic carbocycles. The monoisotopic (exact) mass is 636 g/mol. The van der Waals surface area contributed by atoms with E-state index in [2.05, 4.69) is 58.5 Å². The molecule has 9 nitrogen and oxygen atoms in total. The Morgan fingerprint density at radius 3 is 2.23 bits per heavy atom. The fraction of sp³-hybridized carbons (Fsp3) is 0.447. The summed E-state index contributed by atoms with van der Waals surface area (Å²) in [5.74, 6) is -0.103. The molecule has 248 valence electrons. The quantitative estimate of drug-likeness (QED) is 0.336. The van der Waals surface area contributed by atoms with Crippen molar-refractivity contribution in [2.75, 3.05) is 50.8 Å². The number of para-hydroxylation sites is 1. The predicted molar refractivity (Wildman–Crippen MR) is 185 cm³/mol. The van der Waals surface area contributed by atoms with Gasteiger partial charge in [-0.2, -0.15) is 0 Å². The fourth-order valence-corrected chi connectivity index (χ4v) is 7.45. The van der Waals surface area contributed by atoms with Gasteiger partial charge in [-0.05, 0) is 61.2 Å². The lowest BCUT2D eigenvalue weighted by Crippen LogP contribution is -2.60. The summed E-state index contributed by atoms with van der Waals surface area (Å²) in [7, 11) is 0. The number of rotatable bonds is 11. The normalized spacial score (nSPS) is 19.6. The third-order valence-electron chi connectivity index (χ3n) is 10.4. The molecular formula is C38H48N6O3. The maximum atomic E-state index is 14.2. The van der Waals surface area contributed by atoms with Crippen LogP contribution in [-0.4, -0.2) is 96.0 Å². The number of fused-ring (bicyclic) bond motifs is 1. The SMILES string of the molecule is CCN(CC)CCN1CN(c2ccccc2)C2(CCN(C(=O)C(Cc3ccccc3)NC(=O)C3Cc4ccccc4CN3)CC2)C1=O. The maximum absolute atomic E-state index is 14.2. The lowest BCUT2D eigenvalue weighted by Gasteiger charge is -2.44. The van der Waals surface area contributed by atoms with Crippen molar-refractivity contribution in [1.29, 1.82) is 0 Å². The van der Waals surface area contributed by atoms with Gasteiger partial charge in [0.05, 0.1) is 12.7 Å². The van der Waals surface area contributed by atoms with E-state index in [-0.39, 0.29) is 17.7 Å². The minimum Gasteiger partial charge on any atom is -0.343 e. The second kappa shape index (κ2) is 14.7. The standard InChI is InChI=1S/C38H48N6O3/c1-3-41(4-2)23-24-43-28-44(32-17-9-6-10-18-32)38(37(43)47)19-21-42(22-20-38)36(46)34(25-29-13-7-5-8-14-29)40-35(45)33-26-30-15-11-12-16-31(30)27-39-33/h5-18,33-34,39H,3-4,19-28H2,1-2H3,(H,40,45). The Morgan fingerprint density at radius 2 is 1.55 bits per heavy atom. The molecule has 3 aliphatic rings. The molecule has 3 aromatic carbocycles. The summed E-state index contributed by atoms with van der Waals surface area (Å²) in [5.41, 5.74) is 3.69. The number of carbonyl (C=O) groups excluding carboxylic acids is 3. The highest BCUT2D eigenvalue weighted by Gasteiger charge is 2.54. The van der Waals surface area contributed by atoms with Crippen LogP contribution in [0.25, 0.3) is 0 Å². The van der Waals surface area contributed by atoms with E-state index in [9.17, 15) is 14.4 Å². The molecule has 0 bridgehead atoms. The van der Waals surface area contributed by atoms with Crippen molar-refractivity contribution in [3.8, 4) is 0 Å². The molecule has 3 aromatic rings. The summed E-state index contributed by atoms with van der Waals surface area (Å²) in [5, 5.41) is 6.49. The number of benzene rings is 3. The highest BCUT2D eigenvalue weighted by molar-refractivity contribution is 5.94. The number of nitrogens with zero attached hydrogens (tertiary/aromatic N) is 4. The number of likely N-dealkylation sites (N-methyl/N-ethyl adjacent to an activating group) is 1. The summed E-state index contributed by atoms with van der Waals surface area (Å²) in [6.07, 6.45) is 2.08. The lowest BCUT2D eigenvalue weighted by molar-refractivity contribution is -0.141. The highest BCUT2D eigenvalue weighted by atomic mass is 16.2. The molecule has 0 saturated carbocycles. The molecule has 2 saturated heterocycles. The van der Waals surface area contributed by atoms with Crippen LogP contribution in [0.3, 0.4) is 0 Å². The van der Waals surface area contributed by atoms with Crippen molar-refractivity contribution in [2.45, 2.75) is 63.7 Å². The molecule has 6 rings (SSSR count). The van der Waals surface area contributed by atoms with E-state index < -0.39 is 17.6 Å². The first kappa shape index (κ1) is 32.7. The van der Waals surface area contributed by atoms with Gasteiger partial charge in [0, 0.05) is 44.8 Å². The zero-order valence-corrected chi connectivity index (χ0v) is 27.7. The van der Waals surface area contributed by atoms with Crippen LogP contribution in [0.2, 0.25) is 0 Å². The smallest absolute Gasteiger partial charge is 0.250 e. The molecule has 3 aliphatic heterocycles. The van der Waals surface area contributed by atoms with Crippen LogP contribution in [-0.2, 0) is 33.8 Å². The molecule has 47 heavy (non-hydrogen) atoms. The number of hydrogen-bond acceptors (Lipinski definition) is 6. The van der Waals surface area contributed by atoms with Crippen LogP contribution in [0, 0.1) is 0 Å². The molecule has 2 unspecified atom stereocenters. The van der Waals surface area contributed by atoms with Crippen LogP contribution in [0.15, 0.2) is 84.9 Å². The molecule has 9 heteroatoms. The molecule has 0 aromatic heterocycles. The summed E-state index contributed by atoms with van der Waals surface area (Å²) < 4.78 is 0. The Kier molecular flexibility index (Phi) is 10.2. The minimum atomic E-state index is -0.701. The van der Waals surface area contributed by atoms with E-state index in [4.69, 9.17) is 0 Å². The Labute approximate surface area is 278 Å². The van der Waals surface area contributed by atoms with E-state index in [1.165, 1.54) is 5.56 Å². The Morgan fingerprint density at radius 1 is 0.915 bits per heavy atom. The molecule has 0 radical (unpaired) electrons. The zero-order valence-electron chi connectivity index (χ0n) is 27.7. The number of piperidine rings is 1. The Hall–Kier alpha value is -4.21. The molecule has 3 amide bonds. The van der Waals surface area contributed by atoms with Crippen molar-refractivity contribution in [3.63, 3.8) is 0 Å². The van der Waals surface area contributed by atoms with E-state index in [0.717, 1.165) is 36.4 Å². The molecule has 1 spiro atoms. The van der Waals surface area contributed by atoms with Gasteiger partial charge >= 0.3 is 0 Å². The maximum Gasteiger partial charge on any atom is 0.250 e. The summed E-state index contributed by atoms with van der Waals surface area (Å²) in [6.45, 7) is 9.79. The lowest BCUT2D eigenvalue weighted by atomic mass is 9.85. The van der Waals surface area contributed by atoms with E-state index in [0.29, 0.717) is 58.5 Å². The highest BCUT2D eigenvalue weighted by Crippen LogP contribution is 2.39. The van der Waals surface area contributed by atoms with Gasteiger partial charge in [0.25, 0.3) is 0 Å². The largest absolute Gasteiger partial charge is 0.343 e. The number of hydrogen-bond donors (Lipinski definition) is 2. The third kappa shape index (κ3) is 7.06. The van der Waals surface area contributed by atoms with Gasteiger partial charge in [0.2, 0.25) is 17.7 Å². The first-order valence-corrected chi connectivity index (χ1v) is 17.2.